The Balaban J connectivity index is 1.41. The average molecular weight is 625 g/mol. The maximum atomic E-state index is 13.8. The van der Waals surface area contributed by atoms with Gasteiger partial charge in [-0.15, -0.1) is 0 Å². The van der Waals surface area contributed by atoms with Crippen LogP contribution in [0, 0.1) is 11.7 Å². The van der Waals surface area contributed by atoms with Crippen molar-refractivity contribution in [1.82, 2.24) is 4.57 Å². The van der Waals surface area contributed by atoms with E-state index in [1.807, 2.05) is 30.3 Å². The lowest BCUT2D eigenvalue weighted by Gasteiger charge is -2.30. The number of fused-ring (bicyclic) bond motifs is 2. The molecule has 11 heteroatoms. The first-order chi connectivity index (χ1) is 18.8. The molecule has 4 aromatic rings. The molecule has 39 heavy (non-hydrogen) atoms. The summed E-state index contributed by atoms with van der Waals surface area (Å²) in [4.78, 5) is 55.1. The topological polar surface area (TPSA) is 88.5 Å². The lowest BCUT2D eigenvalue weighted by atomic mass is 9.83. The molecule has 0 bridgehead atoms. The molecule has 196 valence electrons. The van der Waals surface area contributed by atoms with Crippen molar-refractivity contribution in [2.24, 2.45) is 5.92 Å². The first-order valence-corrected chi connectivity index (χ1v) is 14.4. The molecule has 6 rings (SSSR count). The van der Waals surface area contributed by atoms with Gasteiger partial charge in [0.05, 0.1) is 16.6 Å². The Bertz CT molecular complexity index is 1670. The maximum Gasteiger partial charge on any atom is 0.308 e. The lowest BCUT2D eigenvalue weighted by molar-refractivity contribution is -0.122. The highest BCUT2D eigenvalue weighted by molar-refractivity contribution is 9.10. The van der Waals surface area contributed by atoms with Gasteiger partial charge in [-0.2, -0.15) is 0 Å². The standard InChI is InChI=1S/C28H19BrFN3O4S2/c29-16-6-4-5-15(13-16)21-22-23(26(36)33(25(22)35)19-7-2-1-3-8-19)38-27-24(21)39-28(37)32(27)14-20(34)31-18-11-9-17(30)10-12-18/h1-13,21-23H,14H2,(H,31,34)/t21-,22?,23?/m1/s1. The monoisotopic (exact) mass is 623 g/mol. The predicted molar refractivity (Wildman–Crippen MR) is 152 cm³/mol. The lowest BCUT2D eigenvalue weighted by Crippen LogP contribution is -2.33. The van der Waals surface area contributed by atoms with Crippen molar-refractivity contribution in [2.45, 2.75) is 22.7 Å². The van der Waals surface area contributed by atoms with Gasteiger partial charge in [-0.05, 0) is 54.1 Å². The van der Waals surface area contributed by atoms with Crippen LogP contribution in [0.4, 0.5) is 15.8 Å². The van der Waals surface area contributed by atoms with Crippen LogP contribution >= 0.6 is 39.0 Å². The van der Waals surface area contributed by atoms with Crippen molar-refractivity contribution >= 4 is 68.1 Å². The summed E-state index contributed by atoms with van der Waals surface area (Å²) in [6.45, 7) is -0.290. The third-order valence-electron chi connectivity index (χ3n) is 6.70. The molecule has 0 aliphatic carbocycles. The average Bonchev–Trinajstić information content (AvgIpc) is 3.36. The van der Waals surface area contributed by atoms with Crippen LogP contribution in [0.2, 0.25) is 0 Å². The maximum absolute atomic E-state index is 13.8. The van der Waals surface area contributed by atoms with Crippen LogP contribution in [-0.2, 0) is 20.9 Å². The molecule has 1 fully saturated rings. The second-order valence-corrected chi connectivity index (χ2v) is 12.2. The van der Waals surface area contributed by atoms with Gasteiger partial charge in [0, 0.05) is 21.0 Å². The molecule has 3 atom stereocenters. The summed E-state index contributed by atoms with van der Waals surface area (Å²) >= 11 is 5.64. The van der Waals surface area contributed by atoms with Crippen LogP contribution in [0.3, 0.4) is 0 Å². The van der Waals surface area contributed by atoms with E-state index in [0.29, 0.717) is 21.3 Å². The second-order valence-electron chi connectivity index (χ2n) is 9.12. The van der Waals surface area contributed by atoms with Gasteiger partial charge < -0.3 is 5.32 Å². The number of aromatic nitrogens is 1. The Morgan fingerprint density at radius 1 is 0.949 bits per heavy atom. The number of carbonyl (C=O) groups is 3. The number of hydrogen-bond acceptors (Lipinski definition) is 6. The highest BCUT2D eigenvalue weighted by Crippen LogP contribution is 2.54. The number of thiazole rings is 1. The molecule has 3 amide bonds. The molecule has 3 aromatic carbocycles. The van der Waals surface area contributed by atoms with E-state index in [1.54, 1.807) is 24.3 Å². The van der Waals surface area contributed by atoms with Crippen molar-refractivity contribution in [3.8, 4) is 0 Å². The smallest absolute Gasteiger partial charge is 0.308 e. The minimum absolute atomic E-state index is 0.290. The van der Waals surface area contributed by atoms with E-state index in [0.717, 1.165) is 33.1 Å². The van der Waals surface area contributed by atoms with E-state index in [-0.39, 0.29) is 23.2 Å². The third kappa shape index (κ3) is 4.64. The largest absolute Gasteiger partial charge is 0.325 e. The number of anilines is 2. The summed E-state index contributed by atoms with van der Waals surface area (Å²) in [7, 11) is 0. The highest BCUT2D eigenvalue weighted by atomic mass is 79.9. The van der Waals surface area contributed by atoms with Crippen LogP contribution in [0.15, 0.2) is 93.2 Å². The van der Waals surface area contributed by atoms with E-state index in [9.17, 15) is 23.6 Å². The fourth-order valence-corrected chi connectivity index (χ4v) is 8.21. The number of hydrogen-bond donors (Lipinski definition) is 1. The molecule has 1 aromatic heterocycles. The van der Waals surface area contributed by atoms with E-state index in [1.165, 1.54) is 33.7 Å². The van der Waals surface area contributed by atoms with Crippen molar-refractivity contribution in [1.29, 1.82) is 0 Å². The minimum atomic E-state index is -0.769. The molecule has 1 N–H and O–H groups in total. The Kier molecular flexibility index (Phi) is 6.74. The van der Waals surface area contributed by atoms with Crippen LogP contribution < -0.4 is 15.1 Å². The zero-order valence-electron chi connectivity index (χ0n) is 20.0. The second kappa shape index (κ2) is 10.2. The van der Waals surface area contributed by atoms with Crippen LogP contribution in [0.5, 0.6) is 0 Å². The highest BCUT2D eigenvalue weighted by Gasteiger charge is 2.56. The zero-order chi connectivity index (χ0) is 27.3. The first kappa shape index (κ1) is 25.7. The number of imide groups is 1. The summed E-state index contributed by atoms with van der Waals surface area (Å²) in [6.07, 6.45) is 0. The van der Waals surface area contributed by atoms with Gasteiger partial charge in [0.25, 0.3) is 0 Å². The van der Waals surface area contributed by atoms with Gasteiger partial charge in [-0.25, -0.2) is 9.29 Å². The summed E-state index contributed by atoms with van der Waals surface area (Å²) in [6, 6.07) is 21.6. The SMILES string of the molecule is O=C(Cn1c2c(sc1=O)[C@H](c1cccc(Br)c1)C1C(=O)N(c3ccccc3)C(=O)C1S2)Nc1ccc(F)cc1. The molecular formula is C28H19BrFN3O4S2. The predicted octanol–water partition coefficient (Wildman–Crippen LogP) is 5.25. The third-order valence-corrected chi connectivity index (χ3v) is 9.80. The number of carbonyl (C=O) groups excluding carboxylic acids is 3. The zero-order valence-corrected chi connectivity index (χ0v) is 23.3. The molecule has 1 saturated heterocycles. The Morgan fingerprint density at radius 3 is 2.41 bits per heavy atom. The number of nitrogens with zero attached hydrogens (tertiary/aromatic N) is 2. The van der Waals surface area contributed by atoms with Gasteiger partial charge in [-0.1, -0.05) is 69.4 Å². The van der Waals surface area contributed by atoms with Crippen molar-refractivity contribution in [3.63, 3.8) is 0 Å². The van der Waals surface area contributed by atoms with Crippen LogP contribution in [0.25, 0.3) is 0 Å². The summed E-state index contributed by atoms with van der Waals surface area (Å²) in [5.74, 6) is -2.84. The number of rotatable bonds is 5. The van der Waals surface area contributed by atoms with Gasteiger partial charge in [0.15, 0.2) is 0 Å². The fourth-order valence-electron chi connectivity index (χ4n) is 5.02. The van der Waals surface area contributed by atoms with E-state index in [2.05, 4.69) is 21.2 Å². The van der Waals surface area contributed by atoms with Crippen molar-refractivity contribution in [2.75, 3.05) is 10.2 Å². The van der Waals surface area contributed by atoms with Crippen LogP contribution in [-0.4, -0.2) is 27.5 Å². The normalized spacial score (nSPS) is 20.1. The summed E-state index contributed by atoms with van der Waals surface area (Å²) in [5, 5.41) is 2.41. The Morgan fingerprint density at radius 2 is 1.69 bits per heavy atom. The minimum Gasteiger partial charge on any atom is -0.325 e. The molecule has 0 spiro atoms. The Hall–Kier alpha value is -3.54. The van der Waals surface area contributed by atoms with Gasteiger partial charge in [-0.3, -0.25) is 23.7 Å². The van der Waals surface area contributed by atoms with Crippen molar-refractivity contribution < 1.29 is 18.8 Å². The van der Waals surface area contributed by atoms with E-state index in [4.69, 9.17) is 0 Å². The summed E-state index contributed by atoms with van der Waals surface area (Å²) < 4.78 is 15.4. The van der Waals surface area contributed by atoms with Crippen molar-refractivity contribution in [3.05, 3.63) is 109 Å². The molecule has 0 saturated carbocycles. The van der Waals surface area contributed by atoms with Gasteiger partial charge in [0.1, 0.15) is 17.6 Å². The molecule has 7 nitrogen and oxygen atoms in total. The Labute approximate surface area is 238 Å². The van der Waals surface area contributed by atoms with Gasteiger partial charge >= 0.3 is 4.87 Å². The number of halogens is 2. The van der Waals surface area contributed by atoms with Crippen LogP contribution in [0.1, 0.15) is 16.4 Å². The fraction of sp³-hybridized carbons (Fsp3) is 0.143. The number of para-hydroxylation sites is 1. The molecule has 0 radical (unpaired) electrons. The van der Waals surface area contributed by atoms with E-state index >= 15 is 0 Å². The molecule has 3 heterocycles. The quantitative estimate of drug-likeness (QED) is 0.307. The summed E-state index contributed by atoms with van der Waals surface area (Å²) in [5.41, 5.74) is 1.68. The molecule has 2 unspecified atom stereocenters. The van der Waals surface area contributed by atoms with Gasteiger partial charge in [0.2, 0.25) is 17.7 Å². The number of amides is 3. The van der Waals surface area contributed by atoms with E-state index < -0.39 is 28.8 Å². The number of thioether (sulfide) groups is 1. The molecule has 2 aliphatic rings. The molecule has 2 aliphatic heterocycles. The number of benzene rings is 3. The molecular weight excluding hydrogens is 605 g/mol. The first-order valence-electron chi connectivity index (χ1n) is 12.0. The number of nitrogens with one attached hydrogen (secondary N) is 1.